The fraction of sp³-hybridized carbons (Fsp3) is 0.632. The minimum absolute atomic E-state index is 0.0773. The van der Waals surface area contributed by atoms with Crippen molar-refractivity contribution >= 4 is 33.4 Å². The van der Waals surface area contributed by atoms with Crippen LogP contribution in [0.15, 0.2) is 29.2 Å². The molecule has 1 amide bonds. The van der Waals surface area contributed by atoms with E-state index in [1.807, 2.05) is 6.92 Å². The molecular weight excluding hydrogens is 384 g/mol. The van der Waals surface area contributed by atoms with Crippen LogP contribution in [-0.4, -0.2) is 55.4 Å². The van der Waals surface area contributed by atoms with Gasteiger partial charge in [-0.1, -0.05) is 25.3 Å². The average molecular weight is 413 g/mol. The number of amides is 1. The summed E-state index contributed by atoms with van der Waals surface area (Å²) >= 11 is 1.73. The molecule has 0 spiro atoms. The largest absolute Gasteiger partial charge is 0.379 e. The lowest BCUT2D eigenvalue weighted by molar-refractivity contribution is -0.115. The Bertz CT molecular complexity index is 742. The molecule has 0 radical (unpaired) electrons. The molecular formula is C19H28N2O4S2. The van der Waals surface area contributed by atoms with Crippen LogP contribution in [0, 0.1) is 0 Å². The number of rotatable bonds is 6. The smallest absolute Gasteiger partial charge is 0.243 e. The highest BCUT2D eigenvalue weighted by Gasteiger charge is 2.27. The first kappa shape index (κ1) is 20.6. The Morgan fingerprint density at radius 2 is 1.93 bits per heavy atom. The van der Waals surface area contributed by atoms with Crippen LogP contribution in [0.25, 0.3) is 0 Å². The van der Waals surface area contributed by atoms with Crippen LogP contribution in [-0.2, 0) is 19.6 Å². The second-order valence-corrected chi connectivity index (χ2v) is 10.7. The molecule has 0 aromatic heterocycles. The number of anilines is 1. The van der Waals surface area contributed by atoms with Crippen molar-refractivity contribution < 1.29 is 17.9 Å². The lowest BCUT2D eigenvalue weighted by Crippen LogP contribution is -2.40. The standard InChI is InChI=1S/C19H28N2O4S2/c1-15(26-17-7-3-2-4-8-17)19(22)20-16-6-5-9-18(14-16)27(23,24)21-10-12-25-13-11-21/h5-6,9,14-15,17H,2-4,7-8,10-13H2,1H3,(H,20,22)/t15-/m1/s1. The first-order valence-corrected chi connectivity index (χ1v) is 12.0. The average Bonchev–Trinajstić information content (AvgIpc) is 2.69. The van der Waals surface area contributed by atoms with Crippen LogP contribution in [0.4, 0.5) is 5.69 Å². The summed E-state index contributed by atoms with van der Waals surface area (Å²) in [5.41, 5.74) is 0.519. The van der Waals surface area contributed by atoms with Crippen LogP contribution in [0.5, 0.6) is 0 Å². The maximum Gasteiger partial charge on any atom is 0.243 e. The van der Waals surface area contributed by atoms with Crippen LogP contribution < -0.4 is 5.32 Å². The topological polar surface area (TPSA) is 75.7 Å². The highest BCUT2D eigenvalue weighted by molar-refractivity contribution is 8.01. The number of morpholine rings is 1. The van der Waals surface area contributed by atoms with Crippen LogP contribution in [0.1, 0.15) is 39.0 Å². The summed E-state index contributed by atoms with van der Waals surface area (Å²) in [6, 6.07) is 6.51. The highest BCUT2D eigenvalue weighted by atomic mass is 32.2. The van der Waals surface area contributed by atoms with Gasteiger partial charge in [-0.25, -0.2) is 8.42 Å². The third kappa shape index (κ3) is 5.47. The molecule has 1 aromatic rings. The molecule has 27 heavy (non-hydrogen) atoms. The molecule has 1 atom stereocenters. The van der Waals surface area contributed by atoms with Gasteiger partial charge >= 0.3 is 0 Å². The normalized spacial score (nSPS) is 20.9. The van der Waals surface area contributed by atoms with Gasteiger partial charge in [-0.2, -0.15) is 4.31 Å². The molecule has 0 bridgehead atoms. The Morgan fingerprint density at radius 3 is 2.63 bits per heavy atom. The molecule has 1 N–H and O–H groups in total. The van der Waals surface area contributed by atoms with Gasteiger partial charge in [-0.15, -0.1) is 11.8 Å². The number of sulfonamides is 1. The van der Waals surface area contributed by atoms with E-state index in [2.05, 4.69) is 5.32 Å². The summed E-state index contributed by atoms with van der Waals surface area (Å²) in [7, 11) is -3.57. The quantitative estimate of drug-likeness (QED) is 0.777. The number of carbonyl (C=O) groups excluding carboxylic acids is 1. The molecule has 2 aliphatic rings. The van der Waals surface area contributed by atoms with Gasteiger partial charge in [-0.05, 0) is 38.0 Å². The zero-order valence-electron chi connectivity index (χ0n) is 15.7. The second-order valence-electron chi connectivity index (χ2n) is 7.07. The van der Waals surface area contributed by atoms with E-state index in [0.29, 0.717) is 37.2 Å². The van der Waals surface area contributed by atoms with Crippen molar-refractivity contribution in [2.45, 2.75) is 54.4 Å². The number of hydrogen-bond donors (Lipinski definition) is 1. The molecule has 2 fully saturated rings. The molecule has 1 aromatic carbocycles. The third-order valence-electron chi connectivity index (χ3n) is 5.03. The van der Waals surface area contributed by atoms with Crippen molar-refractivity contribution in [2.75, 3.05) is 31.6 Å². The van der Waals surface area contributed by atoms with Gasteiger partial charge < -0.3 is 10.1 Å². The summed E-state index contributed by atoms with van der Waals surface area (Å²) in [6.07, 6.45) is 6.13. The van der Waals surface area contributed by atoms with Crippen LogP contribution in [0.2, 0.25) is 0 Å². The summed E-state index contributed by atoms with van der Waals surface area (Å²) in [5, 5.41) is 3.27. The van der Waals surface area contributed by atoms with E-state index < -0.39 is 10.0 Å². The lowest BCUT2D eigenvalue weighted by atomic mass is 10.0. The molecule has 1 heterocycles. The molecule has 3 rings (SSSR count). The van der Waals surface area contributed by atoms with E-state index in [1.54, 1.807) is 36.0 Å². The molecule has 1 aliphatic carbocycles. The van der Waals surface area contributed by atoms with Crippen molar-refractivity contribution in [3.05, 3.63) is 24.3 Å². The number of ether oxygens (including phenoxy) is 1. The molecule has 1 saturated carbocycles. The van der Waals surface area contributed by atoms with Gasteiger partial charge in [0, 0.05) is 24.0 Å². The van der Waals surface area contributed by atoms with E-state index in [9.17, 15) is 13.2 Å². The van der Waals surface area contributed by atoms with Gasteiger partial charge in [0.05, 0.1) is 23.4 Å². The van der Waals surface area contributed by atoms with E-state index in [0.717, 1.165) is 0 Å². The Labute approximate surface area is 166 Å². The van der Waals surface area contributed by atoms with Gasteiger partial charge in [-0.3, -0.25) is 4.79 Å². The van der Waals surface area contributed by atoms with Crippen molar-refractivity contribution in [2.24, 2.45) is 0 Å². The Morgan fingerprint density at radius 1 is 1.22 bits per heavy atom. The third-order valence-corrected chi connectivity index (χ3v) is 8.40. The molecule has 150 valence electrons. The van der Waals surface area contributed by atoms with Gasteiger partial charge in [0.15, 0.2) is 0 Å². The monoisotopic (exact) mass is 412 g/mol. The van der Waals surface area contributed by atoms with Gasteiger partial charge in [0.1, 0.15) is 0 Å². The summed E-state index contributed by atoms with van der Waals surface area (Å²) in [4.78, 5) is 12.7. The minimum Gasteiger partial charge on any atom is -0.379 e. The zero-order valence-corrected chi connectivity index (χ0v) is 17.4. The summed E-state index contributed by atoms with van der Waals surface area (Å²) in [6.45, 7) is 3.45. The lowest BCUT2D eigenvalue weighted by Gasteiger charge is -2.26. The first-order chi connectivity index (χ1) is 13.0. The fourth-order valence-electron chi connectivity index (χ4n) is 3.47. The van der Waals surface area contributed by atoms with Crippen molar-refractivity contribution in [3.63, 3.8) is 0 Å². The molecule has 6 nitrogen and oxygen atoms in total. The van der Waals surface area contributed by atoms with E-state index in [-0.39, 0.29) is 16.1 Å². The number of thioether (sulfide) groups is 1. The van der Waals surface area contributed by atoms with E-state index in [4.69, 9.17) is 4.74 Å². The number of nitrogens with zero attached hydrogens (tertiary/aromatic N) is 1. The Balaban J connectivity index is 1.63. The van der Waals surface area contributed by atoms with Gasteiger partial charge in [0.2, 0.25) is 15.9 Å². The zero-order chi connectivity index (χ0) is 19.3. The van der Waals surface area contributed by atoms with Crippen LogP contribution in [0.3, 0.4) is 0 Å². The maximum absolute atomic E-state index is 12.8. The van der Waals surface area contributed by atoms with Crippen molar-refractivity contribution in [1.82, 2.24) is 4.31 Å². The van der Waals surface area contributed by atoms with E-state index in [1.165, 1.54) is 36.4 Å². The molecule has 0 unspecified atom stereocenters. The fourth-order valence-corrected chi connectivity index (χ4v) is 6.29. The Hall–Kier alpha value is -1.09. The predicted molar refractivity (Wildman–Crippen MR) is 109 cm³/mol. The van der Waals surface area contributed by atoms with Crippen molar-refractivity contribution in [1.29, 1.82) is 0 Å². The second kappa shape index (κ2) is 9.41. The SMILES string of the molecule is C[C@@H](SC1CCCCC1)C(=O)Nc1cccc(S(=O)(=O)N2CCOCC2)c1. The number of hydrogen-bond acceptors (Lipinski definition) is 5. The molecule has 1 aliphatic heterocycles. The van der Waals surface area contributed by atoms with Crippen molar-refractivity contribution in [3.8, 4) is 0 Å². The number of nitrogens with one attached hydrogen (secondary N) is 1. The Kier molecular flexibility index (Phi) is 7.19. The van der Waals surface area contributed by atoms with E-state index >= 15 is 0 Å². The number of benzene rings is 1. The minimum atomic E-state index is -3.57. The number of carbonyl (C=O) groups is 1. The summed E-state index contributed by atoms with van der Waals surface area (Å²) in [5.74, 6) is -0.0773. The summed E-state index contributed by atoms with van der Waals surface area (Å²) < 4.78 is 32.2. The highest BCUT2D eigenvalue weighted by Crippen LogP contribution is 2.31. The van der Waals surface area contributed by atoms with Gasteiger partial charge in [0.25, 0.3) is 0 Å². The predicted octanol–water partition coefficient (Wildman–Crippen LogP) is 3.10. The van der Waals surface area contributed by atoms with Crippen LogP contribution >= 0.6 is 11.8 Å². The maximum atomic E-state index is 12.8. The first-order valence-electron chi connectivity index (χ1n) is 9.61. The molecule has 8 heteroatoms. The molecule has 1 saturated heterocycles.